The van der Waals surface area contributed by atoms with E-state index in [0.29, 0.717) is 11.7 Å². The zero-order valence-electron chi connectivity index (χ0n) is 11.4. The predicted molar refractivity (Wildman–Crippen MR) is 68.7 cm³/mol. The van der Waals surface area contributed by atoms with Crippen LogP contribution in [0, 0.1) is 5.92 Å². The van der Waals surface area contributed by atoms with Crippen LogP contribution < -0.4 is 0 Å². The van der Waals surface area contributed by atoms with Crippen molar-refractivity contribution < 1.29 is 5.11 Å². The van der Waals surface area contributed by atoms with Crippen LogP contribution in [0.3, 0.4) is 0 Å². The summed E-state index contributed by atoms with van der Waals surface area (Å²) in [7, 11) is 0. The minimum absolute atomic E-state index is 0.242. The maximum absolute atomic E-state index is 10.4. The lowest BCUT2D eigenvalue weighted by Gasteiger charge is -2.22. The summed E-state index contributed by atoms with van der Waals surface area (Å²) in [5, 5.41) is 14.6. The van der Waals surface area contributed by atoms with Gasteiger partial charge in [-0.15, -0.1) is 0 Å². The van der Waals surface area contributed by atoms with Gasteiger partial charge >= 0.3 is 0 Å². The molecule has 0 amide bonds. The third kappa shape index (κ3) is 3.53. The van der Waals surface area contributed by atoms with Crippen molar-refractivity contribution in [3.63, 3.8) is 0 Å². The molecule has 0 aliphatic rings. The van der Waals surface area contributed by atoms with E-state index in [2.05, 4.69) is 37.8 Å². The highest BCUT2D eigenvalue weighted by molar-refractivity contribution is 4.94. The molecular formula is C13H25N3O. The van der Waals surface area contributed by atoms with E-state index in [1.54, 1.807) is 0 Å². The summed E-state index contributed by atoms with van der Waals surface area (Å²) in [5.41, 5.74) is 0. The zero-order valence-corrected chi connectivity index (χ0v) is 11.4. The van der Waals surface area contributed by atoms with Gasteiger partial charge in [0, 0.05) is 6.04 Å². The van der Waals surface area contributed by atoms with Gasteiger partial charge in [-0.3, -0.25) is 0 Å². The Kier molecular flexibility index (Phi) is 5.62. The van der Waals surface area contributed by atoms with Crippen LogP contribution in [0.1, 0.15) is 71.3 Å². The Morgan fingerprint density at radius 3 is 2.29 bits per heavy atom. The number of hydrogen-bond donors (Lipinski definition) is 1. The SMILES string of the molecule is CCCC(CCC)C(O)c1ncnn1C(C)C. The Labute approximate surface area is 104 Å². The van der Waals surface area contributed by atoms with Crippen molar-refractivity contribution in [2.24, 2.45) is 5.92 Å². The second kappa shape index (κ2) is 6.74. The lowest BCUT2D eigenvalue weighted by atomic mass is 9.92. The summed E-state index contributed by atoms with van der Waals surface area (Å²) >= 11 is 0. The number of aliphatic hydroxyl groups is 1. The third-order valence-electron chi connectivity index (χ3n) is 3.12. The molecule has 0 aromatic carbocycles. The first-order valence-corrected chi connectivity index (χ1v) is 6.69. The first-order chi connectivity index (χ1) is 8.11. The molecular weight excluding hydrogens is 214 g/mol. The highest BCUT2D eigenvalue weighted by Gasteiger charge is 2.24. The van der Waals surface area contributed by atoms with E-state index in [-0.39, 0.29) is 6.04 Å². The Morgan fingerprint density at radius 1 is 1.24 bits per heavy atom. The van der Waals surface area contributed by atoms with Crippen molar-refractivity contribution in [1.29, 1.82) is 0 Å². The average Bonchev–Trinajstić information content (AvgIpc) is 2.76. The summed E-state index contributed by atoms with van der Waals surface area (Å²) in [6.45, 7) is 8.42. The van der Waals surface area contributed by atoms with E-state index in [1.165, 1.54) is 6.33 Å². The quantitative estimate of drug-likeness (QED) is 0.795. The summed E-state index contributed by atoms with van der Waals surface area (Å²) in [6, 6.07) is 0.242. The number of rotatable bonds is 7. The van der Waals surface area contributed by atoms with Crippen molar-refractivity contribution in [1.82, 2.24) is 14.8 Å². The van der Waals surface area contributed by atoms with Gasteiger partial charge in [-0.25, -0.2) is 9.67 Å². The lowest BCUT2D eigenvalue weighted by Crippen LogP contribution is -2.19. The number of aromatic nitrogens is 3. The van der Waals surface area contributed by atoms with E-state index in [0.717, 1.165) is 25.7 Å². The van der Waals surface area contributed by atoms with Crippen molar-refractivity contribution >= 4 is 0 Å². The van der Waals surface area contributed by atoms with Gasteiger partial charge in [0.05, 0.1) is 0 Å². The second-order valence-electron chi connectivity index (χ2n) is 4.94. The maximum Gasteiger partial charge on any atom is 0.156 e. The Bertz CT molecular complexity index is 316. The van der Waals surface area contributed by atoms with E-state index in [9.17, 15) is 5.11 Å². The maximum atomic E-state index is 10.4. The Balaban J connectivity index is 2.84. The van der Waals surface area contributed by atoms with E-state index in [1.807, 2.05) is 4.68 Å². The fourth-order valence-corrected chi connectivity index (χ4v) is 2.28. The minimum Gasteiger partial charge on any atom is -0.385 e. The molecule has 1 N–H and O–H groups in total. The summed E-state index contributed by atoms with van der Waals surface area (Å²) in [4.78, 5) is 4.22. The normalized spacial score (nSPS) is 13.6. The number of hydrogen-bond acceptors (Lipinski definition) is 3. The smallest absolute Gasteiger partial charge is 0.156 e. The van der Waals surface area contributed by atoms with Gasteiger partial charge in [0.1, 0.15) is 12.4 Å². The van der Waals surface area contributed by atoms with Gasteiger partial charge in [-0.2, -0.15) is 5.10 Å². The molecule has 0 aliphatic carbocycles. The molecule has 0 aliphatic heterocycles. The van der Waals surface area contributed by atoms with E-state index in [4.69, 9.17) is 0 Å². The molecule has 1 aromatic rings. The van der Waals surface area contributed by atoms with Gasteiger partial charge in [-0.1, -0.05) is 26.7 Å². The van der Waals surface area contributed by atoms with Crippen molar-refractivity contribution in [2.75, 3.05) is 0 Å². The van der Waals surface area contributed by atoms with Gasteiger partial charge in [0.2, 0.25) is 0 Å². The van der Waals surface area contributed by atoms with Crippen LogP contribution in [0.5, 0.6) is 0 Å². The standard InChI is InChI=1S/C13H25N3O/c1-5-7-11(8-6-2)12(17)13-14-9-15-16(13)10(3)4/h9-12,17H,5-8H2,1-4H3. The molecule has 1 atom stereocenters. The highest BCUT2D eigenvalue weighted by atomic mass is 16.3. The third-order valence-corrected chi connectivity index (χ3v) is 3.12. The van der Waals surface area contributed by atoms with Gasteiger partial charge < -0.3 is 5.11 Å². The molecule has 1 rings (SSSR count). The van der Waals surface area contributed by atoms with Gasteiger partial charge in [-0.05, 0) is 32.6 Å². The summed E-state index contributed by atoms with van der Waals surface area (Å²) < 4.78 is 1.82. The second-order valence-corrected chi connectivity index (χ2v) is 4.94. The molecule has 1 heterocycles. The van der Waals surface area contributed by atoms with Gasteiger partial charge in [0.25, 0.3) is 0 Å². The fraction of sp³-hybridized carbons (Fsp3) is 0.846. The molecule has 98 valence electrons. The molecule has 4 nitrogen and oxygen atoms in total. The molecule has 4 heteroatoms. The van der Waals surface area contributed by atoms with E-state index < -0.39 is 6.10 Å². The number of aliphatic hydroxyl groups excluding tert-OH is 1. The van der Waals surface area contributed by atoms with Crippen molar-refractivity contribution in [3.05, 3.63) is 12.2 Å². The minimum atomic E-state index is -0.486. The molecule has 0 saturated heterocycles. The van der Waals surface area contributed by atoms with Crippen LogP contribution in [-0.2, 0) is 0 Å². The molecule has 0 radical (unpaired) electrons. The summed E-state index contributed by atoms with van der Waals surface area (Å²) in [6.07, 6.45) is 5.32. The van der Waals surface area contributed by atoms with Crippen LogP contribution in [0.25, 0.3) is 0 Å². The van der Waals surface area contributed by atoms with E-state index >= 15 is 0 Å². The van der Waals surface area contributed by atoms with Gasteiger partial charge in [0.15, 0.2) is 5.82 Å². The van der Waals surface area contributed by atoms with Crippen molar-refractivity contribution in [3.8, 4) is 0 Å². The van der Waals surface area contributed by atoms with Crippen LogP contribution in [0.15, 0.2) is 6.33 Å². The highest BCUT2D eigenvalue weighted by Crippen LogP contribution is 2.29. The molecule has 1 unspecified atom stereocenters. The van der Waals surface area contributed by atoms with Crippen LogP contribution in [-0.4, -0.2) is 19.9 Å². The van der Waals surface area contributed by atoms with Crippen LogP contribution in [0.2, 0.25) is 0 Å². The molecule has 0 spiro atoms. The summed E-state index contributed by atoms with van der Waals surface area (Å²) in [5.74, 6) is 1.01. The van der Waals surface area contributed by atoms with Crippen LogP contribution in [0.4, 0.5) is 0 Å². The van der Waals surface area contributed by atoms with Crippen LogP contribution >= 0.6 is 0 Å². The largest absolute Gasteiger partial charge is 0.385 e. The first kappa shape index (κ1) is 14.2. The fourth-order valence-electron chi connectivity index (χ4n) is 2.28. The number of nitrogens with zero attached hydrogens (tertiary/aromatic N) is 3. The lowest BCUT2D eigenvalue weighted by molar-refractivity contribution is 0.0823. The molecule has 1 aromatic heterocycles. The molecule has 0 bridgehead atoms. The topological polar surface area (TPSA) is 50.9 Å². The first-order valence-electron chi connectivity index (χ1n) is 6.69. The molecule has 0 fully saturated rings. The van der Waals surface area contributed by atoms with Crippen molar-refractivity contribution in [2.45, 2.75) is 65.5 Å². The zero-order chi connectivity index (χ0) is 12.8. The monoisotopic (exact) mass is 239 g/mol. The average molecular weight is 239 g/mol. The Morgan fingerprint density at radius 2 is 1.82 bits per heavy atom. The Hall–Kier alpha value is -0.900. The predicted octanol–water partition coefficient (Wildman–Crippen LogP) is 3.11. The molecule has 17 heavy (non-hydrogen) atoms. The molecule has 0 saturated carbocycles.